The van der Waals surface area contributed by atoms with Crippen molar-refractivity contribution in [2.75, 3.05) is 31.2 Å². The molecule has 0 unspecified atom stereocenters. The van der Waals surface area contributed by atoms with Gasteiger partial charge in [0.1, 0.15) is 5.82 Å². The van der Waals surface area contributed by atoms with Crippen LogP contribution < -0.4 is 10.9 Å². The second-order valence-corrected chi connectivity index (χ2v) is 11.5. The first-order valence-electron chi connectivity index (χ1n) is 11.6. The number of aromatic nitrogens is 1. The molecule has 36 heavy (non-hydrogen) atoms. The third-order valence-corrected chi connectivity index (χ3v) is 8.28. The minimum atomic E-state index is -3.27. The molecule has 0 aliphatic carbocycles. The zero-order valence-corrected chi connectivity index (χ0v) is 21.6. The van der Waals surface area contributed by atoms with Crippen molar-refractivity contribution in [3.63, 3.8) is 0 Å². The fraction of sp³-hybridized carbons (Fsp3) is 0.360. The lowest BCUT2D eigenvalue weighted by Crippen LogP contribution is -2.44. The SMILES string of the molecule is C[C@@H](c1c[nH]c(=O)c2ccccc12)N(CC1CCN(S(C)(=O)=O)CC1)C(=O)Nc1ccc(F)c(Cl)c1. The van der Waals surface area contributed by atoms with Gasteiger partial charge < -0.3 is 15.2 Å². The number of carbonyl (C=O) groups is 1. The number of piperidine rings is 1. The fourth-order valence-corrected chi connectivity index (χ4v) is 5.69. The average Bonchev–Trinajstić information content (AvgIpc) is 2.84. The smallest absolute Gasteiger partial charge is 0.322 e. The Labute approximate surface area is 214 Å². The predicted molar refractivity (Wildman–Crippen MR) is 139 cm³/mol. The summed E-state index contributed by atoms with van der Waals surface area (Å²) in [5.41, 5.74) is 0.902. The summed E-state index contributed by atoms with van der Waals surface area (Å²) in [7, 11) is -3.27. The molecule has 2 aromatic carbocycles. The van der Waals surface area contributed by atoms with E-state index >= 15 is 0 Å². The molecule has 1 saturated heterocycles. The van der Waals surface area contributed by atoms with Crippen LogP contribution in [-0.2, 0) is 10.0 Å². The van der Waals surface area contributed by atoms with E-state index in [1.807, 2.05) is 19.1 Å². The number of benzene rings is 2. The summed E-state index contributed by atoms with van der Waals surface area (Å²) < 4.78 is 38.9. The van der Waals surface area contributed by atoms with E-state index < -0.39 is 27.9 Å². The van der Waals surface area contributed by atoms with Crippen LogP contribution in [0.3, 0.4) is 0 Å². The Kier molecular flexibility index (Phi) is 7.67. The van der Waals surface area contributed by atoms with Gasteiger partial charge in [0.2, 0.25) is 10.0 Å². The Bertz CT molecular complexity index is 1440. The first kappa shape index (κ1) is 26.1. The second-order valence-electron chi connectivity index (χ2n) is 9.11. The molecule has 0 saturated carbocycles. The Balaban J connectivity index is 1.63. The molecule has 0 radical (unpaired) electrons. The van der Waals surface area contributed by atoms with E-state index in [0.717, 1.165) is 10.9 Å². The third-order valence-electron chi connectivity index (χ3n) is 6.69. The van der Waals surface area contributed by atoms with E-state index in [-0.39, 0.29) is 16.5 Å². The highest BCUT2D eigenvalue weighted by atomic mass is 35.5. The van der Waals surface area contributed by atoms with Crippen LogP contribution in [0, 0.1) is 11.7 Å². The van der Waals surface area contributed by atoms with Gasteiger partial charge in [-0.25, -0.2) is 21.9 Å². The quantitative estimate of drug-likeness (QED) is 0.483. The molecular formula is C25H28ClFN4O4S. The van der Waals surface area contributed by atoms with Crippen molar-refractivity contribution in [1.29, 1.82) is 0 Å². The van der Waals surface area contributed by atoms with Gasteiger partial charge in [-0.3, -0.25) is 4.79 Å². The molecule has 2 N–H and O–H groups in total. The highest BCUT2D eigenvalue weighted by molar-refractivity contribution is 7.88. The molecular weight excluding hydrogens is 507 g/mol. The van der Waals surface area contributed by atoms with Crippen LogP contribution in [0.5, 0.6) is 0 Å². The monoisotopic (exact) mass is 534 g/mol. The van der Waals surface area contributed by atoms with Crippen LogP contribution in [-0.4, -0.2) is 54.5 Å². The third kappa shape index (κ3) is 5.71. The first-order valence-corrected chi connectivity index (χ1v) is 13.9. The number of pyridine rings is 1. The molecule has 0 bridgehead atoms. The van der Waals surface area contributed by atoms with Crippen molar-refractivity contribution in [3.8, 4) is 0 Å². The van der Waals surface area contributed by atoms with Crippen molar-refractivity contribution in [2.24, 2.45) is 5.92 Å². The number of aromatic amines is 1. The first-order chi connectivity index (χ1) is 17.0. The molecule has 1 fully saturated rings. The molecule has 3 aromatic rings. The van der Waals surface area contributed by atoms with Gasteiger partial charge >= 0.3 is 6.03 Å². The summed E-state index contributed by atoms with van der Waals surface area (Å²) >= 11 is 5.89. The molecule has 0 spiro atoms. The van der Waals surface area contributed by atoms with E-state index in [2.05, 4.69) is 10.3 Å². The number of carbonyl (C=O) groups excluding carboxylic acids is 1. The number of halogens is 2. The molecule has 2 heterocycles. The average molecular weight is 535 g/mol. The summed E-state index contributed by atoms with van der Waals surface area (Å²) in [5, 5.41) is 3.96. The van der Waals surface area contributed by atoms with E-state index in [1.54, 1.807) is 23.2 Å². The lowest BCUT2D eigenvalue weighted by Gasteiger charge is -2.36. The molecule has 1 aliphatic heterocycles. The van der Waals surface area contributed by atoms with Gasteiger partial charge in [-0.2, -0.15) is 0 Å². The van der Waals surface area contributed by atoms with Crippen LogP contribution in [0.15, 0.2) is 53.5 Å². The normalized spacial score (nSPS) is 16.1. The topological polar surface area (TPSA) is 103 Å². The number of amides is 2. The Morgan fingerprint density at radius 3 is 2.53 bits per heavy atom. The summed E-state index contributed by atoms with van der Waals surface area (Å²) in [6.45, 7) is 3.03. The number of nitrogens with zero attached hydrogens (tertiary/aromatic N) is 2. The van der Waals surface area contributed by atoms with Crippen LogP contribution in [0.4, 0.5) is 14.9 Å². The van der Waals surface area contributed by atoms with Crippen LogP contribution in [0.1, 0.15) is 31.4 Å². The lowest BCUT2D eigenvalue weighted by atomic mass is 9.95. The number of urea groups is 1. The number of sulfonamides is 1. The van der Waals surface area contributed by atoms with E-state index in [1.165, 1.54) is 28.8 Å². The summed E-state index contributed by atoms with van der Waals surface area (Å²) in [6.07, 6.45) is 4.04. The van der Waals surface area contributed by atoms with Crippen LogP contribution >= 0.6 is 11.6 Å². The van der Waals surface area contributed by atoms with Gasteiger partial charge in [-0.1, -0.05) is 29.8 Å². The standard InChI is InChI=1S/C25H28ClFN4O4S/c1-16(21-14-28-24(32)20-6-4-3-5-19(20)21)31(15-17-9-11-30(12-10-17)36(2,34)35)25(33)29-18-7-8-23(27)22(26)13-18/h3-8,13-14,16-17H,9-12,15H2,1-2H3,(H,28,32)(H,29,33)/t16-/m0/s1. The largest absolute Gasteiger partial charge is 0.328 e. The number of nitrogens with one attached hydrogen (secondary N) is 2. The predicted octanol–water partition coefficient (Wildman–Crippen LogP) is 4.59. The maximum absolute atomic E-state index is 13.6. The Hall–Kier alpha value is -2.95. The number of hydrogen-bond donors (Lipinski definition) is 2. The summed E-state index contributed by atoms with van der Waals surface area (Å²) in [5.74, 6) is -0.515. The second kappa shape index (κ2) is 10.6. The van der Waals surface area contributed by atoms with Crippen LogP contribution in [0.25, 0.3) is 10.8 Å². The van der Waals surface area contributed by atoms with Gasteiger partial charge in [0.05, 0.1) is 17.3 Å². The lowest BCUT2D eigenvalue weighted by molar-refractivity contribution is 0.160. The van der Waals surface area contributed by atoms with Crippen molar-refractivity contribution >= 4 is 44.1 Å². The highest BCUT2D eigenvalue weighted by Crippen LogP contribution is 2.30. The van der Waals surface area contributed by atoms with Crippen molar-refractivity contribution in [3.05, 3.63) is 75.4 Å². The van der Waals surface area contributed by atoms with Crippen molar-refractivity contribution in [1.82, 2.24) is 14.2 Å². The van der Waals surface area contributed by atoms with Gasteiger partial charge in [0, 0.05) is 36.9 Å². The summed E-state index contributed by atoms with van der Waals surface area (Å²) in [4.78, 5) is 30.3. The molecule has 2 amide bonds. The van der Waals surface area contributed by atoms with Gasteiger partial charge in [-0.15, -0.1) is 0 Å². The van der Waals surface area contributed by atoms with Crippen molar-refractivity contribution in [2.45, 2.75) is 25.8 Å². The van der Waals surface area contributed by atoms with E-state index in [4.69, 9.17) is 11.6 Å². The number of hydrogen-bond acceptors (Lipinski definition) is 4. The minimum Gasteiger partial charge on any atom is -0.328 e. The molecule has 1 aliphatic rings. The van der Waals surface area contributed by atoms with Gasteiger partial charge in [0.15, 0.2) is 0 Å². The molecule has 192 valence electrons. The van der Waals surface area contributed by atoms with Crippen LogP contribution in [0.2, 0.25) is 5.02 Å². The van der Waals surface area contributed by atoms with E-state index in [0.29, 0.717) is 43.5 Å². The number of H-pyrrole nitrogens is 1. The fourth-order valence-electron chi connectivity index (χ4n) is 4.63. The molecule has 1 atom stereocenters. The Morgan fingerprint density at radius 2 is 1.89 bits per heavy atom. The molecule has 4 rings (SSSR count). The molecule has 8 nitrogen and oxygen atoms in total. The van der Waals surface area contributed by atoms with E-state index in [9.17, 15) is 22.4 Å². The summed E-state index contributed by atoms with van der Waals surface area (Å²) in [6, 6.07) is 10.3. The minimum absolute atomic E-state index is 0.0713. The van der Waals surface area contributed by atoms with Crippen molar-refractivity contribution < 1.29 is 17.6 Å². The molecule has 1 aromatic heterocycles. The highest BCUT2D eigenvalue weighted by Gasteiger charge is 2.30. The Morgan fingerprint density at radius 1 is 1.22 bits per heavy atom. The number of rotatable bonds is 6. The maximum Gasteiger partial charge on any atom is 0.322 e. The zero-order chi connectivity index (χ0) is 26.0. The van der Waals surface area contributed by atoms with Gasteiger partial charge in [0.25, 0.3) is 5.56 Å². The maximum atomic E-state index is 13.6. The number of anilines is 1. The molecule has 11 heteroatoms. The zero-order valence-electron chi connectivity index (χ0n) is 20.0. The van der Waals surface area contributed by atoms with Gasteiger partial charge in [-0.05, 0) is 60.9 Å². The number of fused-ring (bicyclic) bond motifs is 1.